The zero-order valence-electron chi connectivity index (χ0n) is 18.7. The molecule has 0 saturated heterocycles. The second-order valence-corrected chi connectivity index (χ2v) is 10.1. The van der Waals surface area contributed by atoms with Crippen molar-refractivity contribution in [2.24, 2.45) is 0 Å². The Morgan fingerprint density at radius 2 is 1.21 bits per heavy atom. The Hall–Kier alpha value is -3.96. The van der Waals surface area contributed by atoms with E-state index in [-0.39, 0.29) is 10.1 Å². The monoisotopic (exact) mass is 464 g/mol. The molecule has 0 saturated carbocycles. The van der Waals surface area contributed by atoms with Crippen LogP contribution < -0.4 is 0 Å². The molecular formula is C29H24N2O2S. The SMILES string of the molecule is Cc1ccc(S(=O)(=O)c2ncc[nH]2)c(C(c2ccccc2)(c2ccccc2)c2ccccc2)c1. The van der Waals surface area contributed by atoms with Crippen LogP contribution in [0.4, 0.5) is 0 Å². The Kier molecular flexibility index (Phi) is 5.64. The molecule has 0 amide bonds. The zero-order chi connectivity index (χ0) is 23.6. The minimum Gasteiger partial charge on any atom is -0.335 e. The maximum absolute atomic E-state index is 13.9. The summed E-state index contributed by atoms with van der Waals surface area (Å²) in [4.78, 5) is 7.10. The standard InChI is InChI=1S/C29H24N2O2S/c1-22-17-18-27(34(32,33)28-30-19-20-31-28)26(21-22)29(23-11-5-2-6-12-23,24-13-7-3-8-14-24)25-15-9-4-10-16-25/h2-21H,1H3,(H,30,31). The lowest BCUT2D eigenvalue weighted by Gasteiger charge is -2.38. The molecule has 1 aromatic heterocycles. The third kappa shape index (κ3) is 3.55. The van der Waals surface area contributed by atoms with Crippen LogP contribution in [-0.4, -0.2) is 18.4 Å². The first kappa shape index (κ1) is 21.9. The molecule has 0 spiro atoms. The van der Waals surface area contributed by atoms with Crippen LogP contribution in [-0.2, 0) is 15.3 Å². The third-order valence-corrected chi connectivity index (χ3v) is 7.84. The van der Waals surface area contributed by atoms with E-state index in [1.165, 1.54) is 12.4 Å². The summed E-state index contributed by atoms with van der Waals surface area (Å²) in [5, 5.41) is -0.0688. The summed E-state index contributed by atoms with van der Waals surface area (Å²) in [6.07, 6.45) is 2.99. The van der Waals surface area contributed by atoms with E-state index >= 15 is 0 Å². The van der Waals surface area contributed by atoms with Gasteiger partial charge in [-0.05, 0) is 35.2 Å². The molecular weight excluding hydrogens is 440 g/mol. The van der Waals surface area contributed by atoms with Crippen molar-refractivity contribution in [2.45, 2.75) is 22.4 Å². The molecule has 0 bridgehead atoms. The number of aromatic nitrogens is 2. The Bertz CT molecular complexity index is 1400. The molecule has 0 aliphatic carbocycles. The number of H-pyrrole nitrogens is 1. The van der Waals surface area contributed by atoms with Gasteiger partial charge >= 0.3 is 0 Å². The van der Waals surface area contributed by atoms with Crippen molar-refractivity contribution >= 4 is 9.84 Å². The van der Waals surface area contributed by atoms with Crippen molar-refractivity contribution in [3.63, 3.8) is 0 Å². The normalized spacial score (nSPS) is 11.9. The van der Waals surface area contributed by atoms with Gasteiger partial charge in [0, 0.05) is 12.4 Å². The molecule has 4 nitrogen and oxygen atoms in total. The summed E-state index contributed by atoms with van der Waals surface area (Å²) in [5.74, 6) is 0. The fraction of sp³-hybridized carbons (Fsp3) is 0.0690. The zero-order valence-corrected chi connectivity index (χ0v) is 19.5. The van der Waals surface area contributed by atoms with Crippen molar-refractivity contribution < 1.29 is 8.42 Å². The molecule has 0 radical (unpaired) electrons. The number of nitrogens with zero attached hydrogens (tertiary/aromatic N) is 1. The van der Waals surface area contributed by atoms with E-state index in [1.807, 2.05) is 73.7 Å². The lowest BCUT2D eigenvalue weighted by Crippen LogP contribution is -2.33. The summed E-state index contributed by atoms with van der Waals surface area (Å²) in [6, 6.07) is 35.8. The maximum atomic E-state index is 13.9. The summed E-state index contributed by atoms with van der Waals surface area (Å²) in [5.41, 5.74) is 3.73. The highest BCUT2D eigenvalue weighted by Crippen LogP contribution is 2.47. The van der Waals surface area contributed by atoms with Crippen LogP contribution in [0.3, 0.4) is 0 Å². The average molecular weight is 465 g/mol. The van der Waals surface area contributed by atoms with Gasteiger partial charge in [-0.15, -0.1) is 0 Å². The van der Waals surface area contributed by atoms with Crippen LogP contribution in [0.2, 0.25) is 0 Å². The molecule has 5 rings (SSSR count). The number of benzene rings is 4. The van der Waals surface area contributed by atoms with E-state index in [2.05, 4.69) is 46.4 Å². The van der Waals surface area contributed by atoms with Gasteiger partial charge in [-0.3, -0.25) is 0 Å². The van der Waals surface area contributed by atoms with E-state index in [0.717, 1.165) is 22.3 Å². The number of aryl methyl sites for hydroxylation is 1. The fourth-order valence-electron chi connectivity index (χ4n) is 4.70. The first-order valence-electron chi connectivity index (χ1n) is 11.1. The highest BCUT2D eigenvalue weighted by molar-refractivity contribution is 7.91. The van der Waals surface area contributed by atoms with Crippen molar-refractivity contribution in [2.75, 3.05) is 0 Å². The molecule has 5 aromatic rings. The topological polar surface area (TPSA) is 62.8 Å². The number of imidazole rings is 1. The number of hydrogen-bond acceptors (Lipinski definition) is 3. The number of aromatic amines is 1. The van der Waals surface area contributed by atoms with Gasteiger partial charge in [0.25, 0.3) is 0 Å². The molecule has 0 aliphatic rings. The van der Waals surface area contributed by atoms with Crippen LogP contribution in [0.5, 0.6) is 0 Å². The fourth-order valence-corrected chi connectivity index (χ4v) is 6.08. The van der Waals surface area contributed by atoms with Gasteiger partial charge in [-0.2, -0.15) is 0 Å². The van der Waals surface area contributed by atoms with E-state index in [4.69, 9.17) is 0 Å². The van der Waals surface area contributed by atoms with Crippen LogP contribution in [0, 0.1) is 6.92 Å². The average Bonchev–Trinajstić information content (AvgIpc) is 3.43. The Balaban J connectivity index is 1.97. The Morgan fingerprint density at radius 1 is 0.706 bits per heavy atom. The molecule has 0 unspecified atom stereocenters. The molecule has 0 atom stereocenters. The molecule has 4 aromatic carbocycles. The summed E-state index contributed by atoms with van der Waals surface area (Å²) in [6.45, 7) is 1.98. The lowest BCUT2D eigenvalue weighted by molar-refractivity contribution is 0.584. The third-order valence-electron chi connectivity index (χ3n) is 6.18. The van der Waals surface area contributed by atoms with Crippen LogP contribution in [0.15, 0.2) is 132 Å². The predicted octanol–water partition coefficient (Wildman–Crippen LogP) is 5.93. The number of nitrogens with one attached hydrogen (secondary N) is 1. The van der Waals surface area contributed by atoms with Gasteiger partial charge in [0.15, 0.2) is 0 Å². The predicted molar refractivity (Wildman–Crippen MR) is 134 cm³/mol. The van der Waals surface area contributed by atoms with Crippen molar-refractivity contribution in [1.82, 2.24) is 9.97 Å². The van der Waals surface area contributed by atoms with E-state index in [9.17, 15) is 8.42 Å². The Morgan fingerprint density at radius 3 is 1.65 bits per heavy atom. The second-order valence-electron chi connectivity index (χ2n) is 8.25. The lowest BCUT2D eigenvalue weighted by atomic mass is 9.65. The second kappa shape index (κ2) is 8.76. The van der Waals surface area contributed by atoms with Crippen LogP contribution >= 0.6 is 0 Å². The van der Waals surface area contributed by atoms with Gasteiger partial charge in [-0.1, -0.05) is 109 Å². The molecule has 34 heavy (non-hydrogen) atoms. The van der Waals surface area contributed by atoms with Crippen LogP contribution in [0.25, 0.3) is 0 Å². The number of rotatable bonds is 6. The summed E-state index contributed by atoms with van der Waals surface area (Å²) in [7, 11) is -3.92. The van der Waals surface area contributed by atoms with E-state index in [0.29, 0.717) is 5.56 Å². The Labute approximate surface area is 199 Å². The van der Waals surface area contributed by atoms with Crippen molar-refractivity contribution in [3.8, 4) is 0 Å². The molecule has 5 heteroatoms. The molecule has 1 N–H and O–H groups in total. The molecule has 168 valence electrons. The van der Waals surface area contributed by atoms with Gasteiger partial charge < -0.3 is 4.98 Å². The minimum absolute atomic E-state index is 0.0688. The first-order valence-corrected chi connectivity index (χ1v) is 12.5. The van der Waals surface area contributed by atoms with E-state index < -0.39 is 15.3 Å². The summed E-state index contributed by atoms with van der Waals surface area (Å²) < 4.78 is 27.7. The van der Waals surface area contributed by atoms with Crippen LogP contribution in [0.1, 0.15) is 27.8 Å². The molecule has 1 heterocycles. The highest BCUT2D eigenvalue weighted by atomic mass is 32.2. The van der Waals surface area contributed by atoms with Gasteiger partial charge in [-0.25, -0.2) is 13.4 Å². The van der Waals surface area contributed by atoms with Crippen molar-refractivity contribution in [3.05, 3.63) is 149 Å². The summed E-state index contributed by atoms with van der Waals surface area (Å²) >= 11 is 0. The van der Waals surface area contributed by atoms with Gasteiger partial charge in [0.05, 0.1) is 10.3 Å². The van der Waals surface area contributed by atoms with Gasteiger partial charge in [0.2, 0.25) is 15.0 Å². The van der Waals surface area contributed by atoms with E-state index in [1.54, 1.807) is 6.07 Å². The number of hydrogen-bond donors (Lipinski definition) is 1. The number of sulfone groups is 1. The minimum atomic E-state index is -3.92. The maximum Gasteiger partial charge on any atom is 0.240 e. The highest BCUT2D eigenvalue weighted by Gasteiger charge is 2.42. The largest absolute Gasteiger partial charge is 0.335 e. The quantitative estimate of drug-likeness (QED) is 0.317. The van der Waals surface area contributed by atoms with Gasteiger partial charge in [0.1, 0.15) is 0 Å². The van der Waals surface area contributed by atoms with Crippen molar-refractivity contribution in [1.29, 1.82) is 0 Å². The smallest absolute Gasteiger partial charge is 0.240 e. The molecule has 0 fully saturated rings. The molecule has 0 aliphatic heterocycles. The first-order chi connectivity index (χ1) is 16.5.